The van der Waals surface area contributed by atoms with Crippen molar-refractivity contribution in [3.05, 3.63) is 71.0 Å². The standard InChI is InChI=1S/C24H27FN2O2S/c1-16-5-3-4-6-21(16)24-27(22(28)17(2)30-24)15-18-11-13-26(14-12-18)23(29)19-7-9-20(25)10-8-19/h3-10,17-18,24H,11-15H2,1-2H3/t17-,24-/m0/s1. The summed E-state index contributed by atoms with van der Waals surface area (Å²) < 4.78 is 13.1. The summed E-state index contributed by atoms with van der Waals surface area (Å²) in [5.41, 5.74) is 2.94. The number of carbonyl (C=O) groups excluding carboxylic acids is 2. The fourth-order valence-electron chi connectivity index (χ4n) is 4.34. The van der Waals surface area contributed by atoms with Crippen molar-refractivity contribution in [3.8, 4) is 0 Å². The van der Waals surface area contributed by atoms with Gasteiger partial charge in [-0.3, -0.25) is 9.59 Å². The fraction of sp³-hybridized carbons (Fsp3) is 0.417. The molecule has 0 spiro atoms. The molecule has 0 radical (unpaired) electrons. The Morgan fingerprint density at radius 1 is 1.10 bits per heavy atom. The van der Waals surface area contributed by atoms with Gasteiger partial charge in [0.1, 0.15) is 11.2 Å². The second kappa shape index (κ2) is 8.80. The van der Waals surface area contributed by atoms with Crippen molar-refractivity contribution in [1.29, 1.82) is 0 Å². The summed E-state index contributed by atoms with van der Waals surface area (Å²) in [4.78, 5) is 29.4. The molecule has 4 rings (SSSR count). The third kappa shape index (κ3) is 4.24. The maximum atomic E-state index is 13.1. The maximum absolute atomic E-state index is 13.1. The summed E-state index contributed by atoms with van der Waals surface area (Å²) in [6, 6.07) is 14.0. The Balaban J connectivity index is 1.40. The number of nitrogens with zero attached hydrogens (tertiary/aromatic N) is 2. The van der Waals surface area contributed by atoms with Gasteiger partial charge in [-0.1, -0.05) is 24.3 Å². The minimum absolute atomic E-state index is 0.0326. The van der Waals surface area contributed by atoms with E-state index in [-0.39, 0.29) is 28.3 Å². The molecule has 158 valence electrons. The molecule has 0 N–H and O–H groups in total. The third-order valence-corrected chi connectivity index (χ3v) is 7.53. The maximum Gasteiger partial charge on any atom is 0.253 e. The van der Waals surface area contributed by atoms with Crippen LogP contribution in [0, 0.1) is 18.7 Å². The van der Waals surface area contributed by atoms with E-state index >= 15 is 0 Å². The average Bonchev–Trinajstić information content (AvgIpc) is 3.03. The van der Waals surface area contributed by atoms with Gasteiger partial charge in [0.05, 0.1) is 5.25 Å². The Morgan fingerprint density at radius 3 is 2.43 bits per heavy atom. The number of benzene rings is 2. The highest BCUT2D eigenvalue weighted by molar-refractivity contribution is 8.01. The van der Waals surface area contributed by atoms with Crippen molar-refractivity contribution in [2.75, 3.05) is 19.6 Å². The summed E-state index contributed by atoms with van der Waals surface area (Å²) in [7, 11) is 0. The van der Waals surface area contributed by atoms with Crippen LogP contribution in [0.1, 0.15) is 46.6 Å². The second-order valence-electron chi connectivity index (χ2n) is 8.22. The van der Waals surface area contributed by atoms with Gasteiger partial charge in [-0.2, -0.15) is 0 Å². The van der Waals surface area contributed by atoms with Gasteiger partial charge in [-0.15, -0.1) is 11.8 Å². The number of amides is 2. The molecule has 2 aliphatic rings. The predicted octanol–water partition coefficient (Wildman–Crippen LogP) is 4.65. The van der Waals surface area contributed by atoms with Gasteiger partial charge in [-0.25, -0.2) is 4.39 Å². The number of hydrogen-bond acceptors (Lipinski definition) is 3. The van der Waals surface area contributed by atoms with Crippen LogP contribution in [0.4, 0.5) is 4.39 Å². The number of halogens is 1. The van der Waals surface area contributed by atoms with E-state index in [9.17, 15) is 14.0 Å². The largest absolute Gasteiger partial charge is 0.339 e. The van der Waals surface area contributed by atoms with Crippen molar-refractivity contribution in [2.24, 2.45) is 5.92 Å². The number of aryl methyl sites for hydroxylation is 1. The molecule has 2 aromatic carbocycles. The normalized spacial score (nSPS) is 22.6. The minimum Gasteiger partial charge on any atom is -0.339 e. The summed E-state index contributed by atoms with van der Waals surface area (Å²) in [5.74, 6) is 0.199. The lowest BCUT2D eigenvalue weighted by Crippen LogP contribution is -2.42. The van der Waals surface area contributed by atoms with Crippen molar-refractivity contribution in [1.82, 2.24) is 9.80 Å². The molecule has 4 nitrogen and oxygen atoms in total. The van der Waals surface area contributed by atoms with Crippen LogP contribution in [-0.4, -0.2) is 46.5 Å². The van der Waals surface area contributed by atoms with Gasteiger partial charge in [0.25, 0.3) is 5.91 Å². The Kier molecular flexibility index (Phi) is 6.14. The molecular formula is C24H27FN2O2S. The molecule has 0 saturated carbocycles. The first kappa shape index (κ1) is 20.9. The van der Waals surface area contributed by atoms with Gasteiger partial charge < -0.3 is 9.80 Å². The van der Waals surface area contributed by atoms with E-state index in [4.69, 9.17) is 0 Å². The molecule has 2 amide bonds. The third-order valence-electron chi connectivity index (χ3n) is 6.15. The highest BCUT2D eigenvalue weighted by Gasteiger charge is 2.40. The van der Waals surface area contributed by atoms with Crippen molar-refractivity contribution >= 4 is 23.6 Å². The first-order valence-corrected chi connectivity index (χ1v) is 11.4. The van der Waals surface area contributed by atoms with E-state index in [2.05, 4.69) is 19.1 Å². The van der Waals surface area contributed by atoms with Crippen LogP contribution in [0.2, 0.25) is 0 Å². The smallest absolute Gasteiger partial charge is 0.253 e. The van der Waals surface area contributed by atoms with Crippen LogP contribution in [0.15, 0.2) is 48.5 Å². The van der Waals surface area contributed by atoms with Crippen LogP contribution in [0.25, 0.3) is 0 Å². The first-order chi connectivity index (χ1) is 14.4. The van der Waals surface area contributed by atoms with E-state index in [1.54, 1.807) is 11.8 Å². The number of likely N-dealkylation sites (tertiary alicyclic amines) is 1. The van der Waals surface area contributed by atoms with Gasteiger partial charge in [-0.05, 0) is 68.0 Å². The van der Waals surface area contributed by atoms with Crippen LogP contribution in [0.5, 0.6) is 0 Å². The predicted molar refractivity (Wildman–Crippen MR) is 118 cm³/mol. The van der Waals surface area contributed by atoms with Crippen molar-refractivity contribution < 1.29 is 14.0 Å². The first-order valence-electron chi connectivity index (χ1n) is 10.5. The highest BCUT2D eigenvalue weighted by Crippen LogP contribution is 2.44. The van der Waals surface area contributed by atoms with Crippen LogP contribution in [0.3, 0.4) is 0 Å². The monoisotopic (exact) mass is 426 g/mol. The molecule has 0 unspecified atom stereocenters. The summed E-state index contributed by atoms with van der Waals surface area (Å²) in [6.07, 6.45) is 1.74. The molecular weight excluding hydrogens is 399 g/mol. The van der Waals surface area contributed by atoms with Crippen molar-refractivity contribution in [2.45, 2.75) is 37.3 Å². The Labute approximate surface area is 181 Å². The Bertz CT molecular complexity index is 925. The molecule has 30 heavy (non-hydrogen) atoms. The van der Waals surface area contributed by atoms with Crippen LogP contribution >= 0.6 is 11.8 Å². The van der Waals surface area contributed by atoms with E-state index in [0.29, 0.717) is 24.6 Å². The summed E-state index contributed by atoms with van der Waals surface area (Å²) >= 11 is 1.72. The van der Waals surface area contributed by atoms with Crippen molar-refractivity contribution in [3.63, 3.8) is 0 Å². The topological polar surface area (TPSA) is 40.6 Å². The second-order valence-corrected chi connectivity index (χ2v) is 9.65. The number of rotatable bonds is 4. The fourth-order valence-corrected chi connectivity index (χ4v) is 5.72. The van der Waals surface area contributed by atoms with E-state index in [1.165, 1.54) is 35.4 Å². The van der Waals surface area contributed by atoms with Crippen LogP contribution < -0.4 is 0 Å². The lowest BCUT2D eigenvalue weighted by molar-refractivity contribution is -0.130. The zero-order chi connectivity index (χ0) is 21.3. The van der Waals surface area contributed by atoms with E-state index in [1.807, 2.05) is 28.9 Å². The Morgan fingerprint density at radius 2 is 1.77 bits per heavy atom. The highest BCUT2D eigenvalue weighted by atomic mass is 32.2. The van der Waals surface area contributed by atoms with E-state index < -0.39 is 0 Å². The minimum atomic E-state index is -0.337. The molecule has 2 aliphatic heterocycles. The van der Waals surface area contributed by atoms with Gasteiger partial charge >= 0.3 is 0 Å². The molecule has 0 aromatic heterocycles. The lowest BCUT2D eigenvalue weighted by atomic mass is 9.95. The molecule has 0 aliphatic carbocycles. The molecule has 2 aromatic rings. The molecule has 6 heteroatoms. The zero-order valence-electron chi connectivity index (χ0n) is 17.4. The van der Waals surface area contributed by atoms with Gasteiger partial charge in [0.15, 0.2) is 0 Å². The number of carbonyl (C=O) groups is 2. The summed E-state index contributed by atoms with van der Waals surface area (Å²) in [5, 5.41) is 0.0299. The Hall–Kier alpha value is -2.34. The number of piperidine rings is 1. The van der Waals surface area contributed by atoms with Gasteiger partial charge in [0, 0.05) is 25.2 Å². The van der Waals surface area contributed by atoms with Gasteiger partial charge in [0.2, 0.25) is 5.91 Å². The molecule has 2 fully saturated rings. The molecule has 2 heterocycles. The summed E-state index contributed by atoms with van der Waals surface area (Å²) in [6.45, 7) is 6.15. The molecule has 2 saturated heterocycles. The van der Waals surface area contributed by atoms with E-state index in [0.717, 1.165) is 19.4 Å². The quantitative estimate of drug-likeness (QED) is 0.715. The average molecular weight is 427 g/mol. The zero-order valence-corrected chi connectivity index (χ0v) is 18.2. The molecule has 2 atom stereocenters. The molecule has 0 bridgehead atoms. The number of hydrogen-bond donors (Lipinski definition) is 0. The van der Waals surface area contributed by atoms with Crippen LogP contribution in [-0.2, 0) is 4.79 Å². The SMILES string of the molecule is Cc1ccccc1[C@@H]1S[C@@H](C)C(=O)N1CC1CCN(C(=O)c2ccc(F)cc2)CC1. The lowest BCUT2D eigenvalue weighted by Gasteiger charge is -2.35. The number of thioether (sulfide) groups is 1.